The Morgan fingerprint density at radius 2 is 2.04 bits per heavy atom. The summed E-state index contributed by atoms with van der Waals surface area (Å²) in [5.74, 6) is -0.784. The van der Waals surface area contributed by atoms with Crippen LogP contribution in [0.25, 0.3) is 0 Å². The third-order valence-corrected chi connectivity index (χ3v) is 5.08. The van der Waals surface area contributed by atoms with E-state index in [1.165, 1.54) is 25.3 Å². The summed E-state index contributed by atoms with van der Waals surface area (Å²) in [6.07, 6.45) is 4.18. The van der Waals surface area contributed by atoms with Crippen molar-refractivity contribution in [1.29, 1.82) is 0 Å². The van der Waals surface area contributed by atoms with Gasteiger partial charge in [0, 0.05) is 11.0 Å². The molecule has 2 fully saturated rings. The van der Waals surface area contributed by atoms with E-state index >= 15 is 0 Å². The van der Waals surface area contributed by atoms with Crippen molar-refractivity contribution in [2.24, 2.45) is 17.3 Å². The predicted octanol–water partition coefficient (Wildman–Crippen LogP) is 3.15. The molecule has 2 saturated carbocycles. The predicted molar refractivity (Wildman–Crippen MR) is 84.9 cm³/mol. The number of ether oxygens (including phenoxy) is 2. The topological polar surface area (TPSA) is 58.6 Å². The fourth-order valence-electron chi connectivity index (χ4n) is 3.76. The highest BCUT2D eigenvalue weighted by molar-refractivity contribution is 5.86. The smallest absolute Gasteiger partial charge is 0.205 e. The lowest BCUT2D eigenvalue weighted by Gasteiger charge is -2.35. The standard InChI is InChI=1S/C19H25FO4/c1-19(2,3)18(23-15-9-11-4-5-12(15)8-11)24-16-10-13(17(21)22)6-7-14(16)20/h6-7,10-12,15,18H,4-5,8-9H2,1-3H3,(H,21,22)/p-1. The molecule has 0 saturated heterocycles. The highest BCUT2D eigenvalue weighted by Gasteiger charge is 2.43. The van der Waals surface area contributed by atoms with Crippen molar-refractivity contribution < 1.29 is 23.8 Å². The number of hydrogen-bond acceptors (Lipinski definition) is 4. The third kappa shape index (κ3) is 3.56. The zero-order valence-electron chi connectivity index (χ0n) is 14.4. The van der Waals surface area contributed by atoms with Gasteiger partial charge >= 0.3 is 0 Å². The number of benzene rings is 1. The molecule has 2 aliphatic rings. The molecule has 3 rings (SSSR count). The van der Waals surface area contributed by atoms with Gasteiger partial charge in [0.15, 0.2) is 11.6 Å². The molecular weight excluding hydrogens is 311 g/mol. The second-order valence-corrected chi connectivity index (χ2v) is 8.10. The van der Waals surface area contributed by atoms with Crippen LogP contribution >= 0.6 is 0 Å². The van der Waals surface area contributed by atoms with Crippen LogP contribution < -0.4 is 9.84 Å². The number of carbonyl (C=O) groups excluding carboxylic acids is 1. The van der Waals surface area contributed by atoms with Crippen LogP contribution in [0.2, 0.25) is 0 Å². The fourth-order valence-corrected chi connectivity index (χ4v) is 3.76. The van der Waals surface area contributed by atoms with Crippen molar-refractivity contribution in [1.82, 2.24) is 0 Å². The number of carbonyl (C=O) groups is 1. The van der Waals surface area contributed by atoms with E-state index in [0.717, 1.165) is 24.5 Å². The maximum absolute atomic E-state index is 14.1. The number of carboxylic acids is 1. The van der Waals surface area contributed by atoms with Gasteiger partial charge in [-0.05, 0) is 55.7 Å². The lowest BCUT2D eigenvalue weighted by molar-refractivity contribution is -0.255. The third-order valence-electron chi connectivity index (χ3n) is 5.08. The molecule has 0 N–H and O–H groups in total. The minimum absolute atomic E-state index is 0.111. The summed E-state index contributed by atoms with van der Waals surface area (Å²) >= 11 is 0. The Morgan fingerprint density at radius 1 is 1.29 bits per heavy atom. The van der Waals surface area contributed by atoms with E-state index < -0.39 is 18.1 Å². The van der Waals surface area contributed by atoms with Crippen molar-refractivity contribution in [3.8, 4) is 5.75 Å². The quantitative estimate of drug-likeness (QED) is 0.776. The molecule has 4 nitrogen and oxygen atoms in total. The SMILES string of the molecule is CC(C)(C)C(Oc1cc(C(=O)[O-])ccc1F)OC1CC2CCC1C2. The van der Waals surface area contributed by atoms with Gasteiger partial charge in [0.25, 0.3) is 0 Å². The van der Waals surface area contributed by atoms with Crippen molar-refractivity contribution in [3.05, 3.63) is 29.6 Å². The minimum atomic E-state index is -1.36. The maximum atomic E-state index is 14.1. The lowest BCUT2D eigenvalue weighted by Crippen LogP contribution is -2.39. The van der Waals surface area contributed by atoms with Crippen molar-refractivity contribution >= 4 is 5.97 Å². The van der Waals surface area contributed by atoms with Crippen LogP contribution in [0.5, 0.6) is 5.75 Å². The average molecular weight is 335 g/mol. The van der Waals surface area contributed by atoms with Gasteiger partial charge in [0.2, 0.25) is 6.29 Å². The van der Waals surface area contributed by atoms with Gasteiger partial charge in [-0.3, -0.25) is 0 Å². The Balaban J connectivity index is 1.77. The van der Waals surface area contributed by atoms with Gasteiger partial charge in [-0.2, -0.15) is 0 Å². The molecule has 132 valence electrons. The molecule has 2 bridgehead atoms. The summed E-state index contributed by atoms with van der Waals surface area (Å²) in [6.45, 7) is 5.89. The summed E-state index contributed by atoms with van der Waals surface area (Å²) in [7, 11) is 0. The molecule has 0 aromatic heterocycles. The first-order valence-corrected chi connectivity index (χ1v) is 8.57. The van der Waals surface area contributed by atoms with Crippen molar-refractivity contribution in [2.75, 3.05) is 0 Å². The molecule has 4 atom stereocenters. The van der Waals surface area contributed by atoms with Crippen LogP contribution in [0.4, 0.5) is 4.39 Å². The molecule has 0 aliphatic heterocycles. The van der Waals surface area contributed by atoms with Crippen LogP contribution in [-0.2, 0) is 4.74 Å². The molecule has 0 heterocycles. The zero-order chi connectivity index (χ0) is 17.5. The Labute approximate surface area is 142 Å². The first-order valence-electron chi connectivity index (χ1n) is 8.57. The van der Waals surface area contributed by atoms with Gasteiger partial charge in [-0.25, -0.2) is 4.39 Å². The van der Waals surface area contributed by atoms with Gasteiger partial charge in [-0.15, -0.1) is 0 Å². The Bertz CT molecular complexity index is 622. The lowest BCUT2D eigenvalue weighted by atomic mass is 9.94. The summed E-state index contributed by atoms with van der Waals surface area (Å²) in [5.41, 5.74) is -0.481. The molecular formula is C19H24FO4-. The van der Waals surface area contributed by atoms with E-state index in [1.54, 1.807) is 0 Å². The minimum Gasteiger partial charge on any atom is -0.545 e. The van der Waals surface area contributed by atoms with E-state index in [1.807, 2.05) is 20.8 Å². The molecule has 4 unspecified atom stereocenters. The first-order chi connectivity index (χ1) is 11.2. The van der Waals surface area contributed by atoms with Gasteiger partial charge in [0.1, 0.15) is 0 Å². The highest BCUT2D eigenvalue weighted by atomic mass is 19.1. The van der Waals surface area contributed by atoms with Crippen molar-refractivity contribution in [3.63, 3.8) is 0 Å². The molecule has 1 aromatic carbocycles. The van der Waals surface area contributed by atoms with Crippen LogP contribution in [-0.4, -0.2) is 18.4 Å². The zero-order valence-corrected chi connectivity index (χ0v) is 14.4. The van der Waals surface area contributed by atoms with Crippen LogP contribution in [0, 0.1) is 23.1 Å². The Kier molecular flexibility index (Phi) is 4.56. The first kappa shape index (κ1) is 17.2. The average Bonchev–Trinajstić information content (AvgIpc) is 3.10. The molecule has 1 aromatic rings. The summed E-state index contributed by atoms with van der Waals surface area (Å²) in [4.78, 5) is 11.0. The van der Waals surface area contributed by atoms with Gasteiger partial charge in [0.05, 0.1) is 12.1 Å². The molecule has 24 heavy (non-hydrogen) atoms. The number of aromatic carboxylic acids is 1. The normalized spacial score (nSPS) is 27.2. The van der Waals surface area contributed by atoms with E-state index in [9.17, 15) is 14.3 Å². The van der Waals surface area contributed by atoms with Gasteiger partial charge in [-0.1, -0.05) is 20.8 Å². The number of carboxylic acid groups (broad SMARTS) is 1. The van der Waals surface area contributed by atoms with E-state index in [0.29, 0.717) is 5.92 Å². The molecule has 2 aliphatic carbocycles. The molecule has 0 amide bonds. The Hall–Kier alpha value is -1.62. The van der Waals surface area contributed by atoms with Crippen LogP contribution in [0.1, 0.15) is 56.8 Å². The van der Waals surface area contributed by atoms with E-state index in [4.69, 9.17) is 9.47 Å². The van der Waals surface area contributed by atoms with Crippen LogP contribution in [0.3, 0.4) is 0 Å². The van der Waals surface area contributed by atoms with E-state index in [-0.39, 0.29) is 22.8 Å². The Morgan fingerprint density at radius 3 is 2.58 bits per heavy atom. The fraction of sp³-hybridized carbons (Fsp3) is 0.632. The maximum Gasteiger partial charge on any atom is 0.205 e. The number of rotatable bonds is 5. The van der Waals surface area contributed by atoms with Crippen LogP contribution in [0.15, 0.2) is 18.2 Å². The summed E-state index contributed by atoms with van der Waals surface area (Å²) in [5, 5.41) is 11.0. The second kappa shape index (κ2) is 6.36. The second-order valence-electron chi connectivity index (χ2n) is 8.10. The highest BCUT2D eigenvalue weighted by Crippen LogP contribution is 2.47. The summed E-state index contributed by atoms with van der Waals surface area (Å²) < 4.78 is 26.1. The number of hydrogen-bond donors (Lipinski definition) is 0. The largest absolute Gasteiger partial charge is 0.545 e. The number of halogens is 1. The summed E-state index contributed by atoms with van der Waals surface area (Å²) in [6, 6.07) is 3.41. The number of fused-ring (bicyclic) bond motifs is 2. The van der Waals surface area contributed by atoms with E-state index in [2.05, 4.69) is 0 Å². The van der Waals surface area contributed by atoms with Gasteiger partial charge < -0.3 is 19.4 Å². The molecule has 5 heteroatoms. The molecule has 0 spiro atoms. The molecule has 0 radical (unpaired) electrons. The van der Waals surface area contributed by atoms with Crippen molar-refractivity contribution in [2.45, 2.75) is 58.8 Å². The monoisotopic (exact) mass is 335 g/mol.